The molecule has 0 spiro atoms. The average molecular weight is 287 g/mol. The van der Waals surface area contributed by atoms with E-state index < -0.39 is 0 Å². The van der Waals surface area contributed by atoms with Gasteiger partial charge in [0.15, 0.2) is 5.82 Å². The highest BCUT2D eigenvalue weighted by atomic mass is 32.1. The van der Waals surface area contributed by atoms with Gasteiger partial charge in [0.25, 0.3) is 0 Å². The summed E-state index contributed by atoms with van der Waals surface area (Å²) >= 11 is 6.79. The molecule has 1 N–H and O–H groups in total. The highest BCUT2D eigenvalue weighted by Crippen LogP contribution is 2.15. The molecule has 0 aliphatic heterocycles. The number of nitrogens with zero attached hydrogens (tertiary/aromatic N) is 4. The van der Waals surface area contributed by atoms with E-state index in [9.17, 15) is 0 Å². The minimum Gasteiger partial charge on any atom is -0.264 e. The molecule has 0 saturated heterocycles. The first-order valence-electron chi connectivity index (χ1n) is 5.50. The maximum absolute atomic E-state index is 5.18. The van der Waals surface area contributed by atoms with Gasteiger partial charge in [0.1, 0.15) is 0 Å². The number of hydrogen-bond acceptors (Lipinski definition) is 5. The molecule has 0 atom stereocenters. The van der Waals surface area contributed by atoms with E-state index in [0.29, 0.717) is 10.6 Å². The Bertz CT molecular complexity index is 740. The normalized spacial score (nSPS) is 11.2. The maximum atomic E-state index is 5.18. The Morgan fingerprint density at radius 1 is 1.37 bits per heavy atom. The summed E-state index contributed by atoms with van der Waals surface area (Å²) in [7, 11) is 0. The molecule has 0 aromatic carbocycles. The Morgan fingerprint density at radius 3 is 3.05 bits per heavy atom. The van der Waals surface area contributed by atoms with Crippen molar-refractivity contribution >= 4 is 29.8 Å². The molecule has 94 valence electrons. The summed E-state index contributed by atoms with van der Waals surface area (Å²) in [5.74, 6) is 0.644. The minimum atomic E-state index is 0.451. The molecule has 0 unspecified atom stereocenters. The summed E-state index contributed by atoms with van der Waals surface area (Å²) in [6, 6.07) is 7.72. The molecule has 3 heterocycles. The van der Waals surface area contributed by atoms with E-state index in [0.717, 1.165) is 10.4 Å². The highest BCUT2D eigenvalue weighted by molar-refractivity contribution is 7.71. The quantitative estimate of drug-likeness (QED) is 0.595. The van der Waals surface area contributed by atoms with Gasteiger partial charge in [-0.1, -0.05) is 6.07 Å². The Kier molecular flexibility index (Phi) is 3.30. The molecule has 7 heteroatoms. The van der Waals surface area contributed by atoms with Crippen LogP contribution in [-0.2, 0) is 0 Å². The van der Waals surface area contributed by atoms with Crippen molar-refractivity contribution in [3.63, 3.8) is 0 Å². The van der Waals surface area contributed by atoms with Crippen molar-refractivity contribution in [2.75, 3.05) is 0 Å². The van der Waals surface area contributed by atoms with Gasteiger partial charge in [-0.3, -0.25) is 4.98 Å². The van der Waals surface area contributed by atoms with Gasteiger partial charge in [0.05, 0.1) is 6.21 Å². The lowest BCUT2D eigenvalue weighted by atomic mass is 10.3. The zero-order chi connectivity index (χ0) is 13.1. The monoisotopic (exact) mass is 287 g/mol. The zero-order valence-electron chi connectivity index (χ0n) is 9.72. The van der Waals surface area contributed by atoms with E-state index in [-0.39, 0.29) is 0 Å². The highest BCUT2D eigenvalue weighted by Gasteiger charge is 2.07. The number of thiophene rings is 1. The molecule has 0 amide bonds. The summed E-state index contributed by atoms with van der Waals surface area (Å²) in [5.41, 5.74) is 0.859. The molecule has 3 aromatic heterocycles. The second-order valence-corrected chi connectivity index (χ2v) is 5.03. The second-order valence-electron chi connectivity index (χ2n) is 3.67. The van der Waals surface area contributed by atoms with Crippen molar-refractivity contribution in [2.24, 2.45) is 5.10 Å². The first kappa shape index (κ1) is 11.9. The number of aromatic nitrogens is 4. The maximum Gasteiger partial charge on any atom is 0.216 e. The van der Waals surface area contributed by atoms with Crippen molar-refractivity contribution in [3.8, 4) is 11.4 Å². The lowest BCUT2D eigenvalue weighted by molar-refractivity contribution is 0.871. The fraction of sp³-hybridized carbons (Fsp3) is 0. The molecule has 0 saturated carbocycles. The van der Waals surface area contributed by atoms with Crippen LogP contribution in [0.2, 0.25) is 0 Å². The van der Waals surface area contributed by atoms with Crippen LogP contribution >= 0.6 is 23.6 Å². The number of pyridine rings is 1. The predicted octanol–water partition coefficient (Wildman–Crippen LogP) is 2.95. The predicted molar refractivity (Wildman–Crippen MR) is 78.0 cm³/mol. The van der Waals surface area contributed by atoms with Crippen LogP contribution in [0.25, 0.3) is 11.4 Å². The summed E-state index contributed by atoms with van der Waals surface area (Å²) in [5, 5.41) is 13.3. The van der Waals surface area contributed by atoms with Gasteiger partial charge in [-0.25, -0.2) is 5.10 Å². The topological polar surface area (TPSA) is 58.9 Å². The van der Waals surface area contributed by atoms with Gasteiger partial charge in [-0.05, 0) is 35.8 Å². The zero-order valence-corrected chi connectivity index (χ0v) is 11.4. The molecule has 0 fully saturated rings. The average Bonchev–Trinajstić information content (AvgIpc) is 3.07. The van der Waals surface area contributed by atoms with Crippen LogP contribution in [0, 0.1) is 4.77 Å². The van der Waals surface area contributed by atoms with Crippen LogP contribution in [0.3, 0.4) is 0 Å². The first-order chi connectivity index (χ1) is 9.34. The van der Waals surface area contributed by atoms with E-state index in [4.69, 9.17) is 12.2 Å². The largest absolute Gasteiger partial charge is 0.264 e. The van der Waals surface area contributed by atoms with Crippen molar-refractivity contribution in [1.82, 2.24) is 19.9 Å². The van der Waals surface area contributed by atoms with Crippen LogP contribution in [0.4, 0.5) is 0 Å². The Morgan fingerprint density at radius 2 is 2.32 bits per heavy atom. The smallest absolute Gasteiger partial charge is 0.216 e. The van der Waals surface area contributed by atoms with E-state index in [1.807, 2.05) is 29.6 Å². The fourth-order valence-corrected chi connectivity index (χ4v) is 2.32. The Hall–Kier alpha value is -2.12. The van der Waals surface area contributed by atoms with E-state index in [1.54, 1.807) is 34.6 Å². The summed E-state index contributed by atoms with van der Waals surface area (Å²) in [6.45, 7) is 0. The summed E-state index contributed by atoms with van der Waals surface area (Å²) in [4.78, 5) is 5.13. The molecule has 0 bridgehead atoms. The van der Waals surface area contributed by atoms with Crippen LogP contribution in [-0.4, -0.2) is 26.1 Å². The summed E-state index contributed by atoms with van der Waals surface area (Å²) in [6.07, 6.45) is 5.20. The van der Waals surface area contributed by atoms with E-state index in [1.165, 1.54) is 0 Å². The lowest BCUT2D eigenvalue weighted by Gasteiger charge is -1.99. The van der Waals surface area contributed by atoms with E-state index in [2.05, 4.69) is 20.3 Å². The van der Waals surface area contributed by atoms with Crippen molar-refractivity contribution in [3.05, 3.63) is 51.7 Å². The van der Waals surface area contributed by atoms with Crippen LogP contribution in [0.5, 0.6) is 0 Å². The molecular weight excluding hydrogens is 278 g/mol. The van der Waals surface area contributed by atoms with Crippen LogP contribution in [0.1, 0.15) is 4.88 Å². The molecule has 0 aliphatic rings. The van der Waals surface area contributed by atoms with Gasteiger partial charge >= 0.3 is 0 Å². The number of nitrogens with one attached hydrogen (secondary N) is 1. The van der Waals surface area contributed by atoms with E-state index >= 15 is 0 Å². The first-order valence-corrected chi connectivity index (χ1v) is 6.79. The third-order valence-electron chi connectivity index (χ3n) is 2.41. The standard InChI is InChI=1S/C12H9N5S2/c18-12-16-15-11(9-3-1-5-13-7-9)17(12)14-8-10-4-2-6-19-10/h1-8H,(H,16,18)/b14-8+. The lowest BCUT2D eigenvalue weighted by Crippen LogP contribution is -1.94. The Labute approximate surface area is 118 Å². The van der Waals surface area contributed by atoms with Gasteiger partial charge in [-0.15, -0.1) is 11.3 Å². The van der Waals surface area contributed by atoms with Crippen molar-refractivity contribution in [1.29, 1.82) is 0 Å². The third-order valence-corrected chi connectivity index (χ3v) is 3.48. The van der Waals surface area contributed by atoms with Gasteiger partial charge in [-0.2, -0.15) is 14.9 Å². The molecular formula is C12H9N5S2. The van der Waals surface area contributed by atoms with Crippen LogP contribution in [0.15, 0.2) is 47.1 Å². The molecule has 0 radical (unpaired) electrons. The van der Waals surface area contributed by atoms with Crippen molar-refractivity contribution < 1.29 is 0 Å². The van der Waals surface area contributed by atoms with Gasteiger partial charge in [0, 0.05) is 22.8 Å². The number of aromatic amines is 1. The van der Waals surface area contributed by atoms with Crippen LogP contribution < -0.4 is 0 Å². The molecule has 0 aliphatic carbocycles. The minimum absolute atomic E-state index is 0.451. The third kappa shape index (κ3) is 2.51. The SMILES string of the molecule is S=c1[nH]nc(-c2cccnc2)n1/N=C/c1cccs1. The fourth-order valence-electron chi connectivity index (χ4n) is 1.56. The van der Waals surface area contributed by atoms with Crippen molar-refractivity contribution in [2.45, 2.75) is 0 Å². The molecule has 5 nitrogen and oxygen atoms in total. The van der Waals surface area contributed by atoms with Gasteiger partial charge < -0.3 is 0 Å². The molecule has 19 heavy (non-hydrogen) atoms. The second kappa shape index (κ2) is 5.25. The number of rotatable bonds is 3. The molecule has 3 aromatic rings. The molecule has 3 rings (SSSR count). The van der Waals surface area contributed by atoms with Gasteiger partial charge in [0.2, 0.25) is 4.77 Å². The Balaban J connectivity index is 2.02. The number of H-pyrrole nitrogens is 1. The number of hydrogen-bond donors (Lipinski definition) is 1. The summed E-state index contributed by atoms with van der Waals surface area (Å²) < 4.78 is 2.04.